The van der Waals surface area contributed by atoms with Crippen LogP contribution in [0.5, 0.6) is 0 Å². The topological polar surface area (TPSA) is 79.7 Å². The second kappa shape index (κ2) is 9.30. The number of carbonyl (C=O) groups excluding carboxylic acids is 1. The van der Waals surface area contributed by atoms with Gasteiger partial charge in [0.05, 0.1) is 13.2 Å². The van der Waals surface area contributed by atoms with Crippen LogP contribution in [0.4, 0.5) is 17.2 Å². The van der Waals surface area contributed by atoms with Crippen LogP contribution in [0.2, 0.25) is 0 Å². The molecular formula is C26H29N5O3. The Morgan fingerprint density at radius 2 is 1.82 bits per heavy atom. The van der Waals surface area contributed by atoms with Crippen molar-refractivity contribution in [1.82, 2.24) is 9.55 Å². The summed E-state index contributed by atoms with van der Waals surface area (Å²) >= 11 is 0. The van der Waals surface area contributed by atoms with Crippen LogP contribution in [0.25, 0.3) is 11.1 Å². The summed E-state index contributed by atoms with van der Waals surface area (Å²) in [6, 6.07) is 11.4. The molecule has 0 aliphatic carbocycles. The summed E-state index contributed by atoms with van der Waals surface area (Å²) in [5.41, 5.74) is 4.90. The summed E-state index contributed by atoms with van der Waals surface area (Å²) in [4.78, 5) is 34.4. The van der Waals surface area contributed by atoms with E-state index in [2.05, 4.69) is 20.1 Å². The van der Waals surface area contributed by atoms with Gasteiger partial charge >= 0.3 is 0 Å². The highest BCUT2D eigenvalue weighted by molar-refractivity contribution is 6.05. The number of aromatic nitrogens is 2. The third-order valence-corrected chi connectivity index (χ3v) is 6.51. The van der Waals surface area contributed by atoms with Gasteiger partial charge in [0.2, 0.25) is 0 Å². The molecule has 2 aliphatic rings. The summed E-state index contributed by atoms with van der Waals surface area (Å²) in [5.74, 6) is 0.665. The maximum atomic E-state index is 13.0. The third kappa shape index (κ3) is 4.41. The molecule has 4 heterocycles. The number of anilines is 3. The molecule has 8 nitrogen and oxygen atoms in total. The normalized spacial score (nSPS) is 15.7. The van der Waals surface area contributed by atoms with E-state index in [0.29, 0.717) is 43.2 Å². The van der Waals surface area contributed by atoms with Gasteiger partial charge in [-0.05, 0) is 54.8 Å². The minimum atomic E-state index is -0.173. The molecule has 0 spiro atoms. The average Bonchev–Trinajstić information content (AvgIpc) is 2.81. The van der Waals surface area contributed by atoms with Gasteiger partial charge in [-0.25, -0.2) is 4.98 Å². The molecule has 0 saturated carbocycles. The van der Waals surface area contributed by atoms with Crippen LogP contribution in [-0.2, 0) is 11.8 Å². The van der Waals surface area contributed by atoms with E-state index in [1.54, 1.807) is 23.9 Å². The Hall–Kier alpha value is -3.65. The van der Waals surface area contributed by atoms with Crippen molar-refractivity contribution < 1.29 is 9.53 Å². The van der Waals surface area contributed by atoms with E-state index in [1.165, 1.54) is 0 Å². The molecule has 1 amide bonds. The van der Waals surface area contributed by atoms with Crippen molar-refractivity contribution in [3.63, 3.8) is 0 Å². The zero-order valence-electron chi connectivity index (χ0n) is 19.6. The van der Waals surface area contributed by atoms with Gasteiger partial charge < -0.3 is 24.4 Å². The molecule has 2 aromatic heterocycles. The molecule has 2 aliphatic heterocycles. The number of pyridine rings is 2. The average molecular weight is 460 g/mol. The predicted molar refractivity (Wildman–Crippen MR) is 134 cm³/mol. The molecule has 2 fully saturated rings. The number of aryl methyl sites for hydroxylation is 2. The third-order valence-electron chi connectivity index (χ3n) is 6.51. The van der Waals surface area contributed by atoms with Crippen molar-refractivity contribution in [3.05, 3.63) is 70.3 Å². The van der Waals surface area contributed by atoms with Crippen LogP contribution in [0.3, 0.4) is 0 Å². The fourth-order valence-corrected chi connectivity index (χ4v) is 4.36. The minimum absolute atomic E-state index is 0.0246. The van der Waals surface area contributed by atoms with Crippen LogP contribution in [0.15, 0.2) is 53.6 Å². The molecule has 0 unspecified atom stereocenters. The summed E-state index contributed by atoms with van der Waals surface area (Å²) < 4.78 is 7.07. The first-order valence-corrected chi connectivity index (χ1v) is 11.7. The first kappa shape index (κ1) is 22.2. The molecule has 0 atom stereocenters. The Bertz CT molecular complexity index is 1280. The van der Waals surface area contributed by atoms with E-state index in [1.807, 2.05) is 43.5 Å². The van der Waals surface area contributed by atoms with Gasteiger partial charge in [-0.3, -0.25) is 9.59 Å². The Morgan fingerprint density at radius 3 is 2.56 bits per heavy atom. The first-order valence-electron chi connectivity index (χ1n) is 11.7. The van der Waals surface area contributed by atoms with E-state index in [9.17, 15) is 9.59 Å². The quantitative estimate of drug-likeness (QED) is 0.632. The lowest BCUT2D eigenvalue weighted by atomic mass is 10.0. The minimum Gasteiger partial charge on any atom is -0.378 e. The number of nitrogens with one attached hydrogen (secondary N) is 1. The van der Waals surface area contributed by atoms with Crippen molar-refractivity contribution >= 4 is 23.1 Å². The van der Waals surface area contributed by atoms with Crippen LogP contribution in [0, 0.1) is 6.92 Å². The van der Waals surface area contributed by atoms with E-state index < -0.39 is 0 Å². The van der Waals surface area contributed by atoms with Gasteiger partial charge in [-0.2, -0.15) is 0 Å². The Labute approximate surface area is 198 Å². The molecule has 2 saturated heterocycles. The molecule has 1 N–H and O–H groups in total. The van der Waals surface area contributed by atoms with Gasteiger partial charge in [0, 0.05) is 62.4 Å². The largest absolute Gasteiger partial charge is 0.378 e. The summed E-state index contributed by atoms with van der Waals surface area (Å²) in [6.07, 6.45) is 4.69. The highest BCUT2D eigenvalue weighted by Crippen LogP contribution is 2.29. The summed E-state index contributed by atoms with van der Waals surface area (Å²) in [6.45, 7) is 6.60. The van der Waals surface area contributed by atoms with Crippen LogP contribution in [0.1, 0.15) is 22.3 Å². The standard InChI is InChI=1S/C26H29N5O3/c1-18-4-5-21(28-25(32)19-6-7-27-24(15-19)31-8-3-9-31)16-22(18)20-14-23(26(33)29(2)17-20)30-10-12-34-13-11-30/h4-7,14-17H,3,8-13H2,1-2H3,(H,28,32). The number of rotatable bonds is 5. The second-order valence-corrected chi connectivity index (χ2v) is 8.86. The van der Waals surface area contributed by atoms with Crippen molar-refractivity contribution in [2.75, 3.05) is 54.5 Å². The molecule has 0 bridgehead atoms. The first-order chi connectivity index (χ1) is 16.5. The molecular weight excluding hydrogens is 430 g/mol. The maximum absolute atomic E-state index is 13.0. The van der Waals surface area contributed by atoms with Crippen molar-refractivity contribution in [1.29, 1.82) is 0 Å². The molecule has 34 heavy (non-hydrogen) atoms. The van der Waals surface area contributed by atoms with E-state index in [-0.39, 0.29) is 11.5 Å². The van der Waals surface area contributed by atoms with Crippen LogP contribution in [-0.4, -0.2) is 54.9 Å². The van der Waals surface area contributed by atoms with Gasteiger partial charge in [0.1, 0.15) is 11.5 Å². The molecule has 176 valence electrons. The highest BCUT2D eigenvalue weighted by atomic mass is 16.5. The summed E-state index contributed by atoms with van der Waals surface area (Å²) in [5, 5.41) is 3.02. The van der Waals surface area contributed by atoms with E-state index in [4.69, 9.17) is 4.74 Å². The number of nitrogens with zero attached hydrogens (tertiary/aromatic N) is 4. The van der Waals surface area contributed by atoms with Gasteiger partial charge in [0.25, 0.3) is 11.5 Å². The number of ether oxygens (including phenoxy) is 1. The molecule has 5 rings (SSSR count). The molecule has 1 aromatic carbocycles. The number of amides is 1. The van der Waals surface area contributed by atoms with Crippen LogP contribution >= 0.6 is 0 Å². The van der Waals surface area contributed by atoms with Gasteiger partial charge in [0.15, 0.2) is 0 Å². The number of benzene rings is 1. The van der Waals surface area contributed by atoms with E-state index >= 15 is 0 Å². The predicted octanol–water partition coefficient (Wildman–Crippen LogP) is 3.05. The summed E-state index contributed by atoms with van der Waals surface area (Å²) in [7, 11) is 1.77. The zero-order valence-corrected chi connectivity index (χ0v) is 19.6. The molecule has 0 radical (unpaired) electrons. The van der Waals surface area contributed by atoms with Gasteiger partial charge in [-0.1, -0.05) is 6.07 Å². The Balaban J connectivity index is 1.42. The molecule has 8 heteroatoms. The van der Waals surface area contributed by atoms with Gasteiger partial charge in [-0.15, -0.1) is 0 Å². The highest BCUT2D eigenvalue weighted by Gasteiger charge is 2.19. The lowest BCUT2D eigenvalue weighted by Gasteiger charge is -2.32. The number of carbonyl (C=O) groups is 1. The number of hydrogen-bond acceptors (Lipinski definition) is 6. The fraction of sp³-hybridized carbons (Fsp3) is 0.346. The van der Waals surface area contributed by atoms with Crippen LogP contribution < -0.4 is 20.7 Å². The van der Waals surface area contributed by atoms with E-state index in [0.717, 1.165) is 42.0 Å². The Morgan fingerprint density at radius 1 is 1.03 bits per heavy atom. The Kier molecular flexibility index (Phi) is 6.06. The van der Waals surface area contributed by atoms with Crippen molar-refractivity contribution in [2.24, 2.45) is 7.05 Å². The monoisotopic (exact) mass is 459 g/mol. The maximum Gasteiger partial charge on any atom is 0.273 e. The smallest absolute Gasteiger partial charge is 0.273 e. The zero-order chi connectivity index (χ0) is 23.7. The number of hydrogen-bond donors (Lipinski definition) is 1. The fourth-order valence-electron chi connectivity index (χ4n) is 4.36. The second-order valence-electron chi connectivity index (χ2n) is 8.86. The number of morpholine rings is 1. The SMILES string of the molecule is Cc1ccc(NC(=O)c2ccnc(N3CCC3)c2)cc1-c1cc(N2CCOCC2)c(=O)n(C)c1. The van der Waals surface area contributed by atoms with Crippen molar-refractivity contribution in [2.45, 2.75) is 13.3 Å². The van der Waals surface area contributed by atoms with Crippen molar-refractivity contribution in [3.8, 4) is 11.1 Å². The molecule has 3 aromatic rings. The lowest BCUT2D eigenvalue weighted by molar-refractivity contribution is 0.102. The lowest BCUT2D eigenvalue weighted by Crippen LogP contribution is -2.40.